The lowest BCUT2D eigenvalue weighted by Gasteiger charge is -2.41. The quantitative estimate of drug-likeness (QED) is 0.799. The van der Waals surface area contributed by atoms with Gasteiger partial charge in [-0.25, -0.2) is 0 Å². The Labute approximate surface area is 143 Å². The number of nitrogens with zero attached hydrogens (tertiary/aromatic N) is 1. The maximum absolute atomic E-state index is 12.5. The fraction of sp³-hybridized carbons (Fsp3) is 0.950. The summed E-state index contributed by atoms with van der Waals surface area (Å²) in [6.45, 7) is 11.9. The van der Waals surface area contributed by atoms with Gasteiger partial charge in [-0.15, -0.1) is 0 Å². The third kappa shape index (κ3) is 6.10. The van der Waals surface area contributed by atoms with E-state index in [4.69, 9.17) is 0 Å². The molecule has 0 aromatic carbocycles. The van der Waals surface area contributed by atoms with Gasteiger partial charge in [0.05, 0.1) is 0 Å². The highest BCUT2D eigenvalue weighted by atomic mass is 16.2. The van der Waals surface area contributed by atoms with Crippen molar-refractivity contribution in [2.75, 3.05) is 19.6 Å². The van der Waals surface area contributed by atoms with Gasteiger partial charge in [-0.1, -0.05) is 47.0 Å². The largest absolute Gasteiger partial charge is 0.341 e. The molecule has 2 unspecified atom stereocenters. The molecule has 2 aliphatic rings. The van der Waals surface area contributed by atoms with Gasteiger partial charge in [0.1, 0.15) is 0 Å². The lowest BCUT2D eigenvalue weighted by atomic mass is 9.84. The fourth-order valence-corrected chi connectivity index (χ4v) is 4.18. The first-order valence-corrected chi connectivity index (χ1v) is 9.96. The summed E-state index contributed by atoms with van der Waals surface area (Å²) in [5.74, 6) is 2.97. The van der Waals surface area contributed by atoms with Crippen molar-refractivity contribution in [2.24, 2.45) is 23.7 Å². The summed E-state index contributed by atoms with van der Waals surface area (Å²) in [6, 6.07) is 0.495. The number of hydrogen-bond donors (Lipinski definition) is 1. The van der Waals surface area contributed by atoms with Crippen molar-refractivity contribution in [3.8, 4) is 0 Å². The molecule has 1 saturated carbocycles. The molecule has 0 spiro atoms. The van der Waals surface area contributed by atoms with Crippen LogP contribution in [0.3, 0.4) is 0 Å². The molecule has 1 saturated heterocycles. The Morgan fingerprint density at radius 2 is 1.78 bits per heavy atom. The zero-order valence-corrected chi connectivity index (χ0v) is 15.8. The monoisotopic (exact) mass is 322 g/mol. The maximum Gasteiger partial charge on any atom is 0.222 e. The van der Waals surface area contributed by atoms with Crippen molar-refractivity contribution in [2.45, 2.75) is 78.7 Å². The normalized spacial score (nSPS) is 27.0. The Hall–Kier alpha value is -0.570. The second kappa shape index (κ2) is 9.05. The second-order valence-electron chi connectivity index (χ2n) is 8.75. The number of piperidine rings is 1. The summed E-state index contributed by atoms with van der Waals surface area (Å²) in [5, 5.41) is 3.82. The molecule has 3 heteroatoms. The molecule has 1 N–H and O–H groups in total. The van der Waals surface area contributed by atoms with Crippen molar-refractivity contribution in [3.05, 3.63) is 0 Å². The van der Waals surface area contributed by atoms with Gasteiger partial charge in [0.15, 0.2) is 0 Å². The predicted molar refractivity (Wildman–Crippen MR) is 97.3 cm³/mol. The van der Waals surface area contributed by atoms with Crippen molar-refractivity contribution in [1.82, 2.24) is 10.2 Å². The molecule has 134 valence electrons. The van der Waals surface area contributed by atoms with Gasteiger partial charge in [-0.3, -0.25) is 4.79 Å². The molecule has 2 rings (SSSR count). The van der Waals surface area contributed by atoms with Crippen LogP contribution in [0, 0.1) is 23.7 Å². The Balaban J connectivity index is 1.88. The van der Waals surface area contributed by atoms with Gasteiger partial charge in [-0.05, 0) is 49.5 Å². The van der Waals surface area contributed by atoms with E-state index in [0.29, 0.717) is 36.1 Å². The van der Waals surface area contributed by atoms with Gasteiger partial charge in [-0.2, -0.15) is 0 Å². The van der Waals surface area contributed by atoms with E-state index in [-0.39, 0.29) is 0 Å². The van der Waals surface area contributed by atoms with Gasteiger partial charge < -0.3 is 10.2 Å². The molecule has 0 bridgehead atoms. The Kier molecular flexibility index (Phi) is 7.39. The lowest BCUT2D eigenvalue weighted by molar-refractivity contribution is -0.134. The van der Waals surface area contributed by atoms with Gasteiger partial charge in [0, 0.05) is 25.6 Å². The highest BCUT2D eigenvalue weighted by Gasteiger charge is 2.31. The molecule has 0 aromatic rings. The van der Waals surface area contributed by atoms with Crippen LogP contribution >= 0.6 is 0 Å². The summed E-state index contributed by atoms with van der Waals surface area (Å²) in [5.41, 5.74) is 0. The standard InChI is InChI=1S/C20H38N2O/c1-15(2)10-20(23)22-13-18(16(3)4)11-19(14-22)21-12-17-8-6-5-7-9-17/h15-19,21H,5-14H2,1-4H3. The van der Waals surface area contributed by atoms with Crippen LogP contribution in [-0.4, -0.2) is 36.5 Å². The van der Waals surface area contributed by atoms with E-state index >= 15 is 0 Å². The molecule has 1 aliphatic carbocycles. The summed E-state index contributed by atoms with van der Waals surface area (Å²) in [7, 11) is 0. The van der Waals surface area contributed by atoms with Crippen molar-refractivity contribution < 1.29 is 4.79 Å². The number of likely N-dealkylation sites (tertiary alicyclic amines) is 1. The predicted octanol–water partition coefficient (Wildman–Crippen LogP) is 4.08. The Morgan fingerprint density at radius 3 is 2.39 bits per heavy atom. The zero-order valence-electron chi connectivity index (χ0n) is 15.8. The van der Waals surface area contributed by atoms with E-state index in [1.165, 1.54) is 38.5 Å². The Morgan fingerprint density at radius 1 is 1.09 bits per heavy atom. The number of hydrogen-bond acceptors (Lipinski definition) is 2. The van der Waals surface area contributed by atoms with E-state index in [9.17, 15) is 4.79 Å². The van der Waals surface area contributed by atoms with Crippen LogP contribution < -0.4 is 5.32 Å². The van der Waals surface area contributed by atoms with Crippen LogP contribution in [0.2, 0.25) is 0 Å². The third-order valence-electron chi connectivity index (χ3n) is 5.78. The number of carbonyl (C=O) groups excluding carboxylic acids is 1. The molecule has 3 nitrogen and oxygen atoms in total. The lowest BCUT2D eigenvalue weighted by Crippen LogP contribution is -2.53. The van der Waals surface area contributed by atoms with Crippen LogP contribution in [0.25, 0.3) is 0 Å². The summed E-state index contributed by atoms with van der Waals surface area (Å²) in [4.78, 5) is 14.7. The smallest absolute Gasteiger partial charge is 0.222 e. The second-order valence-corrected chi connectivity index (χ2v) is 8.75. The number of nitrogens with one attached hydrogen (secondary N) is 1. The number of carbonyl (C=O) groups is 1. The van der Waals surface area contributed by atoms with Gasteiger partial charge >= 0.3 is 0 Å². The zero-order chi connectivity index (χ0) is 16.8. The van der Waals surface area contributed by atoms with E-state index in [2.05, 4.69) is 37.9 Å². The molecule has 23 heavy (non-hydrogen) atoms. The molecule has 2 atom stereocenters. The molecular weight excluding hydrogens is 284 g/mol. The van der Waals surface area contributed by atoms with Crippen LogP contribution in [0.15, 0.2) is 0 Å². The first kappa shape index (κ1) is 18.8. The van der Waals surface area contributed by atoms with E-state index in [0.717, 1.165) is 25.6 Å². The molecule has 0 radical (unpaired) electrons. The average Bonchev–Trinajstić information content (AvgIpc) is 2.53. The summed E-state index contributed by atoms with van der Waals surface area (Å²) < 4.78 is 0. The summed E-state index contributed by atoms with van der Waals surface area (Å²) >= 11 is 0. The minimum Gasteiger partial charge on any atom is -0.341 e. The first-order valence-electron chi connectivity index (χ1n) is 9.96. The van der Waals surface area contributed by atoms with Gasteiger partial charge in [0.2, 0.25) is 5.91 Å². The third-order valence-corrected chi connectivity index (χ3v) is 5.78. The molecule has 0 aromatic heterocycles. The number of rotatable bonds is 6. The molecule has 1 heterocycles. The van der Waals surface area contributed by atoms with Crippen LogP contribution in [-0.2, 0) is 4.79 Å². The van der Waals surface area contributed by atoms with E-state index in [1.54, 1.807) is 0 Å². The molecule has 2 fully saturated rings. The van der Waals surface area contributed by atoms with Crippen LogP contribution in [0.4, 0.5) is 0 Å². The van der Waals surface area contributed by atoms with Crippen molar-refractivity contribution in [3.63, 3.8) is 0 Å². The van der Waals surface area contributed by atoms with Crippen molar-refractivity contribution in [1.29, 1.82) is 0 Å². The van der Waals surface area contributed by atoms with E-state index < -0.39 is 0 Å². The highest BCUT2D eigenvalue weighted by Crippen LogP contribution is 2.26. The Bertz CT molecular complexity index is 361. The molecule has 1 amide bonds. The summed E-state index contributed by atoms with van der Waals surface area (Å²) in [6.07, 6.45) is 8.95. The number of amides is 1. The topological polar surface area (TPSA) is 32.3 Å². The first-order chi connectivity index (χ1) is 11.0. The SMILES string of the molecule is CC(C)CC(=O)N1CC(NCC2CCCCC2)CC(C(C)C)C1. The molecule has 1 aliphatic heterocycles. The van der Waals surface area contributed by atoms with Gasteiger partial charge in [0.25, 0.3) is 0 Å². The van der Waals surface area contributed by atoms with Crippen LogP contribution in [0.1, 0.15) is 72.6 Å². The van der Waals surface area contributed by atoms with Crippen molar-refractivity contribution >= 4 is 5.91 Å². The fourth-order valence-electron chi connectivity index (χ4n) is 4.18. The van der Waals surface area contributed by atoms with E-state index in [1.807, 2.05) is 0 Å². The molecular formula is C20H38N2O. The highest BCUT2D eigenvalue weighted by molar-refractivity contribution is 5.76. The minimum atomic E-state index is 0.356. The van der Waals surface area contributed by atoms with Crippen LogP contribution in [0.5, 0.6) is 0 Å². The minimum absolute atomic E-state index is 0.356. The average molecular weight is 323 g/mol. The maximum atomic E-state index is 12.5.